The molecule has 1 aromatic heterocycles. The van der Waals surface area contributed by atoms with Gasteiger partial charge in [-0.3, -0.25) is 9.78 Å². The minimum atomic E-state index is -0.0682. The molecule has 104 valence electrons. The number of pyridine rings is 1. The van der Waals surface area contributed by atoms with Crippen LogP contribution in [0.5, 0.6) is 0 Å². The molecule has 0 fully saturated rings. The van der Waals surface area contributed by atoms with Gasteiger partial charge in [-0.15, -0.1) is 0 Å². The number of nitrogens with one attached hydrogen (secondary N) is 1. The highest BCUT2D eigenvalue weighted by molar-refractivity contribution is 5.97. The Morgan fingerprint density at radius 1 is 1.10 bits per heavy atom. The summed E-state index contributed by atoms with van der Waals surface area (Å²) in [5.41, 5.74) is 3.86. The van der Waals surface area contributed by atoms with Crippen molar-refractivity contribution in [3.8, 4) is 0 Å². The lowest BCUT2D eigenvalue weighted by Crippen LogP contribution is -2.22. The first-order valence-corrected chi connectivity index (χ1v) is 6.91. The number of benzene rings is 2. The first kappa shape index (κ1) is 13.3. The molecule has 0 aliphatic rings. The molecule has 3 rings (SSSR count). The van der Waals surface area contributed by atoms with Crippen LogP contribution in [0.1, 0.15) is 21.5 Å². The fraction of sp³-hybridized carbons (Fsp3) is 0.111. The Balaban J connectivity index is 1.73. The van der Waals surface area contributed by atoms with Gasteiger partial charge in [0.2, 0.25) is 0 Å². The lowest BCUT2D eigenvalue weighted by atomic mass is 10.1. The van der Waals surface area contributed by atoms with Crippen LogP contribution < -0.4 is 5.32 Å². The third-order valence-corrected chi connectivity index (χ3v) is 3.44. The topological polar surface area (TPSA) is 42.0 Å². The Kier molecular flexibility index (Phi) is 3.65. The molecule has 0 saturated carbocycles. The van der Waals surface area contributed by atoms with Crippen LogP contribution >= 0.6 is 0 Å². The van der Waals surface area contributed by atoms with E-state index in [4.69, 9.17) is 0 Å². The van der Waals surface area contributed by atoms with Crippen molar-refractivity contribution in [2.75, 3.05) is 0 Å². The molecule has 1 N–H and O–H groups in total. The predicted octanol–water partition coefficient (Wildman–Crippen LogP) is 3.47. The molecule has 3 aromatic rings. The maximum atomic E-state index is 12.2. The fourth-order valence-corrected chi connectivity index (χ4v) is 2.21. The number of hydrogen-bond donors (Lipinski definition) is 1. The third-order valence-electron chi connectivity index (χ3n) is 3.44. The van der Waals surface area contributed by atoms with Crippen molar-refractivity contribution in [1.82, 2.24) is 10.3 Å². The molecule has 21 heavy (non-hydrogen) atoms. The summed E-state index contributed by atoms with van der Waals surface area (Å²) in [7, 11) is 0. The zero-order valence-electron chi connectivity index (χ0n) is 11.8. The van der Waals surface area contributed by atoms with Crippen molar-refractivity contribution in [2.24, 2.45) is 0 Å². The van der Waals surface area contributed by atoms with E-state index in [1.165, 1.54) is 5.56 Å². The number of carbonyl (C=O) groups excluding carboxylic acids is 1. The van der Waals surface area contributed by atoms with E-state index in [9.17, 15) is 4.79 Å². The van der Waals surface area contributed by atoms with Crippen molar-refractivity contribution < 1.29 is 4.79 Å². The van der Waals surface area contributed by atoms with E-state index in [0.29, 0.717) is 12.1 Å². The third kappa shape index (κ3) is 3.08. The molecule has 2 aromatic carbocycles. The van der Waals surface area contributed by atoms with Crippen molar-refractivity contribution in [3.63, 3.8) is 0 Å². The highest BCUT2D eigenvalue weighted by Crippen LogP contribution is 2.13. The van der Waals surface area contributed by atoms with E-state index in [-0.39, 0.29) is 5.91 Å². The van der Waals surface area contributed by atoms with Gasteiger partial charge in [0.1, 0.15) is 0 Å². The van der Waals surface area contributed by atoms with Gasteiger partial charge >= 0.3 is 0 Å². The molecule has 0 atom stereocenters. The van der Waals surface area contributed by atoms with Gasteiger partial charge in [-0.25, -0.2) is 0 Å². The van der Waals surface area contributed by atoms with Crippen molar-refractivity contribution in [2.45, 2.75) is 13.5 Å². The standard InChI is InChI=1S/C18H16N2O/c1-13-4-6-14(7-5-13)12-20-18(21)16-8-9-17-15(11-16)3-2-10-19-17/h2-11H,12H2,1H3,(H,20,21). The smallest absolute Gasteiger partial charge is 0.251 e. The summed E-state index contributed by atoms with van der Waals surface area (Å²) in [6, 6.07) is 17.5. The molecule has 0 aliphatic heterocycles. The summed E-state index contributed by atoms with van der Waals surface area (Å²) in [4.78, 5) is 16.4. The average molecular weight is 276 g/mol. The average Bonchev–Trinajstić information content (AvgIpc) is 2.53. The van der Waals surface area contributed by atoms with Crippen LogP contribution in [-0.2, 0) is 6.54 Å². The zero-order chi connectivity index (χ0) is 14.7. The normalized spacial score (nSPS) is 10.5. The minimum absolute atomic E-state index is 0.0682. The molecule has 0 spiro atoms. The molecule has 0 unspecified atom stereocenters. The number of rotatable bonds is 3. The molecule has 3 nitrogen and oxygen atoms in total. The number of carbonyl (C=O) groups is 1. The van der Waals surface area contributed by atoms with Crippen LogP contribution in [0.15, 0.2) is 60.8 Å². The van der Waals surface area contributed by atoms with Gasteiger partial charge in [-0.2, -0.15) is 0 Å². The van der Waals surface area contributed by atoms with Crippen LogP contribution in [-0.4, -0.2) is 10.9 Å². The van der Waals surface area contributed by atoms with Gasteiger partial charge in [-0.1, -0.05) is 35.9 Å². The molecular formula is C18H16N2O. The Labute approximate surface area is 123 Å². The molecule has 0 bridgehead atoms. The number of nitrogens with zero attached hydrogens (tertiary/aromatic N) is 1. The maximum absolute atomic E-state index is 12.2. The second-order valence-electron chi connectivity index (χ2n) is 5.08. The minimum Gasteiger partial charge on any atom is -0.348 e. The molecule has 0 saturated heterocycles. The molecular weight excluding hydrogens is 260 g/mol. The van der Waals surface area contributed by atoms with Gasteiger partial charge in [0.25, 0.3) is 5.91 Å². The fourth-order valence-electron chi connectivity index (χ4n) is 2.21. The number of fused-ring (bicyclic) bond motifs is 1. The molecule has 3 heteroatoms. The summed E-state index contributed by atoms with van der Waals surface area (Å²) >= 11 is 0. The number of hydrogen-bond acceptors (Lipinski definition) is 2. The molecule has 0 aliphatic carbocycles. The van der Waals surface area contributed by atoms with Crippen molar-refractivity contribution in [1.29, 1.82) is 0 Å². The number of amides is 1. The lowest BCUT2D eigenvalue weighted by Gasteiger charge is -2.06. The Bertz CT molecular complexity index is 779. The summed E-state index contributed by atoms with van der Waals surface area (Å²) in [6.07, 6.45) is 1.75. The van der Waals surface area contributed by atoms with E-state index in [1.807, 2.05) is 55.5 Å². The first-order valence-electron chi connectivity index (χ1n) is 6.91. The van der Waals surface area contributed by atoms with Crippen LogP contribution in [0, 0.1) is 6.92 Å². The summed E-state index contributed by atoms with van der Waals surface area (Å²) < 4.78 is 0. The Hall–Kier alpha value is -2.68. The van der Waals surface area contributed by atoms with Gasteiger partial charge in [0.15, 0.2) is 0 Å². The lowest BCUT2D eigenvalue weighted by molar-refractivity contribution is 0.0951. The van der Waals surface area contributed by atoms with Gasteiger partial charge in [-0.05, 0) is 36.8 Å². The van der Waals surface area contributed by atoms with Gasteiger partial charge < -0.3 is 5.32 Å². The van der Waals surface area contributed by atoms with E-state index in [2.05, 4.69) is 10.3 Å². The second-order valence-corrected chi connectivity index (χ2v) is 5.08. The SMILES string of the molecule is Cc1ccc(CNC(=O)c2ccc3ncccc3c2)cc1. The highest BCUT2D eigenvalue weighted by atomic mass is 16.1. The van der Waals surface area contributed by atoms with E-state index in [1.54, 1.807) is 12.3 Å². The van der Waals surface area contributed by atoms with Crippen LogP contribution in [0.4, 0.5) is 0 Å². The Morgan fingerprint density at radius 2 is 1.90 bits per heavy atom. The zero-order valence-corrected chi connectivity index (χ0v) is 11.8. The van der Waals surface area contributed by atoms with Gasteiger partial charge in [0, 0.05) is 23.7 Å². The molecule has 0 radical (unpaired) electrons. The van der Waals surface area contributed by atoms with E-state index in [0.717, 1.165) is 16.5 Å². The van der Waals surface area contributed by atoms with Crippen LogP contribution in [0.25, 0.3) is 10.9 Å². The monoisotopic (exact) mass is 276 g/mol. The predicted molar refractivity (Wildman–Crippen MR) is 84.1 cm³/mol. The maximum Gasteiger partial charge on any atom is 0.251 e. The van der Waals surface area contributed by atoms with E-state index < -0.39 is 0 Å². The molecule has 1 amide bonds. The number of aryl methyl sites for hydroxylation is 1. The molecule has 1 heterocycles. The largest absolute Gasteiger partial charge is 0.348 e. The van der Waals surface area contributed by atoms with Crippen molar-refractivity contribution in [3.05, 3.63) is 77.5 Å². The summed E-state index contributed by atoms with van der Waals surface area (Å²) in [5.74, 6) is -0.0682. The highest BCUT2D eigenvalue weighted by Gasteiger charge is 2.06. The summed E-state index contributed by atoms with van der Waals surface area (Å²) in [6.45, 7) is 2.58. The van der Waals surface area contributed by atoms with Crippen LogP contribution in [0.3, 0.4) is 0 Å². The number of aromatic nitrogens is 1. The Morgan fingerprint density at radius 3 is 2.71 bits per heavy atom. The van der Waals surface area contributed by atoms with Crippen molar-refractivity contribution >= 4 is 16.8 Å². The quantitative estimate of drug-likeness (QED) is 0.796. The first-order chi connectivity index (χ1) is 10.2. The second kappa shape index (κ2) is 5.75. The summed E-state index contributed by atoms with van der Waals surface area (Å²) in [5, 5.41) is 3.91. The van der Waals surface area contributed by atoms with Gasteiger partial charge in [0.05, 0.1) is 5.52 Å². The van der Waals surface area contributed by atoms with E-state index >= 15 is 0 Å². The van der Waals surface area contributed by atoms with Crippen LogP contribution in [0.2, 0.25) is 0 Å².